The molecule has 0 spiro atoms. The van der Waals surface area contributed by atoms with E-state index in [1.54, 1.807) is 6.07 Å². The molecule has 0 aliphatic carbocycles. The molecule has 1 N–H and O–H groups in total. The maximum absolute atomic E-state index is 13.5. The predicted octanol–water partition coefficient (Wildman–Crippen LogP) is 3.88. The van der Waals surface area contributed by atoms with Gasteiger partial charge in [0.2, 0.25) is 5.95 Å². The third-order valence-electron chi connectivity index (χ3n) is 3.66. The van der Waals surface area contributed by atoms with E-state index in [-0.39, 0.29) is 11.4 Å². The second-order valence-electron chi connectivity index (χ2n) is 6.66. The van der Waals surface area contributed by atoms with Gasteiger partial charge in [-0.25, -0.2) is 9.37 Å². The highest BCUT2D eigenvalue weighted by atomic mass is 19.3. The molecule has 0 fully saturated rings. The van der Waals surface area contributed by atoms with Crippen molar-refractivity contribution in [2.45, 2.75) is 32.1 Å². The standard InChI is InChI=1S/C17H20F3N3O/c1-16(2,3)11-6-5-7-12(8-11)21-15-22-13(17(19,20)10-18)9-14(24)23(15)4/h5-9H,10H2,1-4H3,(H,21,22). The smallest absolute Gasteiger partial charge is 0.317 e. The fraction of sp³-hybridized carbons (Fsp3) is 0.412. The van der Waals surface area contributed by atoms with E-state index in [0.29, 0.717) is 11.8 Å². The summed E-state index contributed by atoms with van der Waals surface area (Å²) in [6.45, 7) is 4.22. The second-order valence-corrected chi connectivity index (χ2v) is 6.66. The third kappa shape index (κ3) is 3.77. The third-order valence-corrected chi connectivity index (χ3v) is 3.66. The van der Waals surface area contributed by atoms with E-state index in [0.717, 1.165) is 10.1 Å². The lowest BCUT2D eigenvalue weighted by atomic mass is 9.87. The molecule has 0 amide bonds. The fourth-order valence-electron chi connectivity index (χ4n) is 2.10. The molecule has 1 aromatic carbocycles. The van der Waals surface area contributed by atoms with Crippen molar-refractivity contribution in [3.8, 4) is 0 Å². The molecule has 130 valence electrons. The minimum absolute atomic E-state index is 0.0725. The van der Waals surface area contributed by atoms with Gasteiger partial charge in [0.15, 0.2) is 6.67 Å². The molecule has 0 unspecified atom stereocenters. The van der Waals surface area contributed by atoms with E-state index in [1.807, 2.05) is 39.0 Å². The van der Waals surface area contributed by atoms with Crippen LogP contribution in [0.4, 0.5) is 24.8 Å². The highest BCUT2D eigenvalue weighted by molar-refractivity contribution is 5.55. The SMILES string of the molecule is Cn1c(Nc2cccc(C(C)(C)C)c2)nc(C(F)(F)CF)cc1=O. The Labute approximate surface area is 138 Å². The molecule has 0 saturated carbocycles. The summed E-state index contributed by atoms with van der Waals surface area (Å²) in [4.78, 5) is 15.6. The van der Waals surface area contributed by atoms with Gasteiger partial charge < -0.3 is 5.32 Å². The number of hydrogen-bond donors (Lipinski definition) is 1. The van der Waals surface area contributed by atoms with Crippen LogP contribution in [-0.4, -0.2) is 16.2 Å². The van der Waals surface area contributed by atoms with E-state index in [2.05, 4.69) is 10.3 Å². The number of nitrogens with zero attached hydrogens (tertiary/aromatic N) is 2. The molecular formula is C17H20F3N3O. The van der Waals surface area contributed by atoms with Gasteiger partial charge in [-0.15, -0.1) is 0 Å². The molecule has 2 rings (SSSR count). The first kappa shape index (κ1) is 18.0. The van der Waals surface area contributed by atoms with Crippen LogP contribution < -0.4 is 10.9 Å². The number of hydrogen-bond acceptors (Lipinski definition) is 3. The molecule has 0 radical (unpaired) electrons. The molecule has 1 aromatic heterocycles. The van der Waals surface area contributed by atoms with E-state index >= 15 is 0 Å². The van der Waals surface area contributed by atoms with E-state index in [4.69, 9.17) is 0 Å². The van der Waals surface area contributed by atoms with E-state index in [9.17, 15) is 18.0 Å². The predicted molar refractivity (Wildman–Crippen MR) is 87.8 cm³/mol. The van der Waals surface area contributed by atoms with Crippen LogP contribution in [0.3, 0.4) is 0 Å². The summed E-state index contributed by atoms with van der Waals surface area (Å²) in [6.07, 6.45) is 0. The second kappa shape index (κ2) is 6.30. The zero-order valence-corrected chi connectivity index (χ0v) is 14.0. The van der Waals surface area contributed by atoms with Gasteiger partial charge in [-0.2, -0.15) is 8.78 Å². The van der Waals surface area contributed by atoms with Gasteiger partial charge >= 0.3 is 5.92 Å². The molecule has 4 nitrogen and oxygen atoms in total. The Morgan fingerprint density at radius 1 is 1.21 bits per heavy atom. The normalized spacial score (nSPS) is 12.3. The zero-order chi connectivity index (χ0) is 18.1. The number of alkyl halides is 3. The van der Waals surface area contributed by atoms with Gasteiger partial charge in [0.05, 0.1) is 0 Å². The first-order chi connectivity index (χ1) is 11.0. The highest BCUT2D eigenvalue weighted by Gasteiger charge is 2.34. The van der Waals surface area contributed by atoms with Crippen molar-refractivity contribution in [1.82, 2.24) is 9.55 Å². The molecule has 1 heterocycles. The van der Waals surface area contributed by atoms with Crippen molar-refractivity contribution in [1.29, 1.82) is 0 Å². The topological polar surface area (TPSA) is 46.9 Å². The van der Waals surface area contributed by atoms with Crippen molar-refractivity contribution in [2.24, 2.45) is 7.05 Å². The molecule has 0 aliphatic heterocycles. The minimum Gasteiger partial charge on any atom is -0.326 e. The lowest BCUT2D eigenvalue weighted by Gasteiger charge is -2.20. The summed E-state index contributed by atoms with van der Waals surface area (Å²) in [5, 5.41) is 2.86. The van der Waals surface area contributed by atoms with Crippen LogP contribution in [0.15, 0.2) is 35.1 Å². The van der Waals surface area contributed by atoms with Gasteiger partial charge in [-0.3, -0.25) is 9.36 Å². The van der Waals surface area contributed by atoms with E-state index < -0.39 is 23.9 Å². The summed E-state index contributed by atoms with van der Waals surface area (Å²) in [5.74, 6) is -3.87. The molecular weight excluding hydrogens is 319 g/mol. The Balaban J connectivity index is 2.45. The van der Waals surface area contributed by atoms with Crippen LogP contribution in [0.25, 0.3) is 0 Å². The number of halogens is 3. The first-order valence-electron chi connectivity index (χ1n) is 7.44. The van der Waals surface area contributed by atoms with Crippen molar-refractivity contribution < 1.29 is 13.2 Å². The Morgan fingerprint density at radius 3 is 2.46 bits per heavy atom. The highest BCUT2D eigenvalue weighted by Crippen LogP contribution is 2.28. The van der Waals surface area contributed by atoms with Crippen LogP contribution in [-0.2, 0) is 18.4 Å². The molecule has 0 atom stereocenters. The molecule has 24 heavy (non-hydrogen) atoms. The van der Waals surface area contributed by atoms with Crippen molar-refractivity contribution in [2.75, 3.05) is 12.0 Å². The number of benzene rings is 1. The van der Waals surface area contributed by atoms with Crippen LogP contribution >= 0.6 is 0 Å². The maximum atomic E-state index is 13.5. The molecule has 2 aromatic rings. The largest absolute Gasteiger partial charge is 0.326 e. The van der Waals surface area contributed by atoms with Crippen LogP contribution in [0.2, 0.25) is 0 Å². The minimum atomic E-state index is -3.79. The van der Waals surface area contributed by atoms with Crippen LogP contribution in [0.1, 0.15) is 32.0 Å². The van der Waals surface area contributed by atoms with Crippen LogP contribution in [0, 0.1) is 0 Å². The summed E-state index contributed by atoms with van der Waals surface area (Å²) < 4.78 is 40.7. The van der Waals surface area contributed by atoms with Crippen molar-refractivity contribution >= 4 is 11.6 Å². The number of aromatic nitrogens is 2. The monoisotopic (exact) mass is 339 g/mol. The Bertz CT molecular complexity index is 794. The average Bonchev–Trinajstić information content (AvgIpc) is 2.51. The number of nitrogens with one attached hydrogen (secondary N) is 1. The Morgan fingerprint density at radius 2 is 1.88 bits per heavy atom. The Hall–Kier alpha value is -2.31. The number of anilines is 2. The van der Waals surface area contributed by atoms with Crippen molar-refractivity contribution in [3.05, 3.63) is 51.9 Å². The summed E-state index contributed by atoms with van der Waals surface area (Å²) in [7, 11) is 1.41. The molecule has 0 saturated heterocycles. The lowest BCUT2D eigenvalue weighted by Crippen LogP contribution is -2.27. The van der Waals surface area contributed by atoms with Crippen LogP contribution in [0.5, 0.6) is 0 Å². The summed E-state index contributed by atoms with van der Waals surface area (Å²) in [6, 6.07) is 8.01. The van der Waals surface area contributed by atoms with Crippen molar-refractivity contribution in [3.63, 3.8) is 0 Å². The van der Waals surface area contributed by atoms with E-state index in [1.165, 1.54) is 7.05 Å². The van der Waals surface area contributed by atoms with Gasteiger partial charge in [-0.1, -0.05) is 32.9 Å². The van der Waals surface area contributed by atoms with Gasteiger partial charge in [-0.05, 0) is 23.1 Å². The summed E-state index contributed by atoms with van der Waals surface area (Å²) in [5.41, 5.74) is -0.0429. The molecule has 0 bridgehead atoms. The number of rotatable bonds is 4. The average molecular weight is 339 g/mol. The zero-order valence-electron chi connectivity index (χ0n) is 14.0. The quantitative estimate of drug-likeness (QED) is 0.919. The molecule has 0 aliphatic rings. The maximum Gasteiger partial charge on any atom is 0.317 e. The molecule has 7 heteroatoms. The fourth-order valence-corrected chi connectivity index (χ4v) is 2.10. The van der Waals surface area contributed by atoms with Gasteiger partial charge in [0.25, 0.3) is 5.56 Å². The van der Waals surface area contributed by atoms with Gasteiger partial charge in [0.1, 0.15) is 5.69 Å². The Kier molecular flexibility index (Phi) is 4.73. The summed E-state index contributed by atoms with van der Waals surface area (Å²) >= 11 is 0. The van der Waals surface area contributed by atoms with Gasteiger partial charge in [0, 0.05) is 18.8 Å². The lowest BCUT2D eigenvalue weighted by molar-refractivity contribution is -0.0323. The first-order valence-corrected chi connectivity index (χ1v) is 7.44.